The Labute approximate surface area is 81.7 Å². The lowest BCUT2D eigenvalue weighted by molar-refractivity contribution is 0.609. The van der Waals surface area contributed by atoms with Crippen LogP contribution in [0.1, 0.15) is 25.1 Å². The Morgan fingerprint density at radius 3 is 2.79 bits per heavy atom. The molecule has 1 N–H and O–H groups in total. The van der Waals surface area contributed by atoms with E-state index in [0.29, 0.717) is 5.58 Å². The number of pyridine rings is 1. The van der Waals surface area contributed by atoms with Crippen LogP contribution in [0.5, 0.6) is 0 Å². The second kappa shape index (κ2) is 3.33. The van der Waals surface area contributed by atoms with Crippen molar-refractivity contribution in [1.29, 1.82) is 0 Å². The number of aromatic amines is 1. The lowest BCUT2D eigenvalue weighted by Gasteiger charge is -2.05. The summed E-state index contributed by atoms with van der Waals surface area (Å²) in [6.07, 6.45) is 3.33. The van der Waals surface area contributed by atoms with E-state index in [4.69, 9.17) is 4.42 Å². The van der Waals surface area contributed by atoms with Crippen molar-refractivity contribution in [1.82, 2.24) is 4.98 Å². The number of fused-ring (bicyclic) bond motifs is 1. The molecule has 0 aliphatic heterocycles. The van der Waals surface area contributed by atoms with Gasteiger partial charge < -0.3 is 9.40 Å². The molecule has 2 aromatic heterocycles. The second-order valence-electron chi connectivity index (χ2n) is 3.28. The first kappa shape index (κ1) is 9.06. The summed E-state index contributed by atoms with van der Waals surface area (Å²) in [5, 5.41) is 0.952. The van der Waals surface area contributed by atoms with E-state index in [1.54, 1.807) is 6.26 Å². The van der Waals surface area contributed by atoms with Gasteiger partial charge in [0.2, 0.25) is 0 Å². The molecule has 2 heterocycles. The van der Waals surface area contributed by atoms with Gasteiger partial charge in [-0.25, -0.2) is 0 Å². The van der Waals surface area contributed by atoms with Crippen LogP contribution in [0.4, 0.5) is 0 Å². The molecular formula is C11H13NO2. The summed E-state index contributed by atoms with van der Waals surface area (Å²) in [4.78, 5) is 14.4. The summed E-state index contributed by atoms with van der Waals surface area (Å²) in [5.74, 6) is 0. The Kier molecular flexibility index (Phi) is 2.15. The van der Waals surface area contributed by atoms with Gasteiger partial charge in [-0.15, -0.1) is 0 Å². The van der Waals surface area contributed by atoms with Gasteiger partial charge in [0.25, 0.3) is 5.56 Å². The second-order valence-corrected chi connectivity index (χ2v) is 3.28. The van der Waals surface area contributed by atoms with E-state index in [2.05, 4.69) is 11.9 Å². The van der Waals surface area contributed by atoms with Crippen LogP contribution >= 0.6 is 0 Å². The van der Waals surface area contributed by atoms with Crippen LogP contribution in [0.2, 0.25) is 0 Å². The molecule has 0 aliphatic rings. The minimum Gasteiger partial charge on any atom is -0.459 e. The molecule has 0 unspecified atom stereocenters. The molecule has 2 rings (SSSR count). The maximum atomic E-state index is 11.5. The number of nitrogens with one attached hydrogen (secondary N) is 1. The van der Waals surface area contributed by atoms with Crippen LogP contribution in [0.25, 0.3) is 11.0 Å². The number of H-pyrrole nitrogens is 1. The molecule has 0 bridgehead atoms. The summed E-state index contributed by atoms with van der Waals surface area (Å²) < 4.78 is 5.15. The van der Waals surface area contributed by atoms with Gasteiger partial charge in [0.1, 0.15) is 0 Å². The average molecular weight is 191 g/mol. The molecule has 0 spiro atoms. The molecule has 3 heteroatoms. The number of furan rings is 1. The van der Waals surface area contributed by atoms with E-state index in [0.717, 1.165) is 23.9 Å². The fourth-order valence-corrected chi connectivity index (χ4v) is 1.86. The van der Waals surface area contributed by atoms with E-state index in [9.17, 15) is 4.79 Å². The fraction of sp³-hybridized carbons (Fsp3) is 0.364. The molecule has 0 saturated carbocycles. The Morgan fingerprint density at radius 2 is 2.14 bits per heavy atom. The Balaban J connectivity index is 2.89. The maximum Gasteiger partial charge on any atom is 0.291 e. The van der Waals surface area contributed by atoms with Crippen LogP contribution in [-0.2, 0) is 12.8 Å². The molecule has 0 atom stereocenters. The summed E-state index contributed by atoms with van der Waals surface area (Å²) in [6.45, 7) is 4.12. The third kappa shape index (κ3) is 1.16. The zero-order chi connectivity index (χ0) is 10.1. The predicted molar refractivity (Wildman–Crippen MR) is 55.6 cm³/mol. The Hall–Kier alpha value is -1.51. The smallest absolute Gasteiger partial charge is 0.291 e. The molecule has 0 amide bonds. The molecule has 0 saturated heterocycles. The van der Waals surface area contributed by atoms with E-state index in [1.807, 2.05) is 13.0 Å². The largest absolute Gasteiger partial charge is 0.459 e. The first-order chi connectivity index (χ1) is 6.77. The highest BCUT2D eigenvalue weighted by molar-refractivity contribution is 5.80. The van der Waals surface area contributed by atoms with E-state index >= 15 is 0 Å². The zero-order valence-electron chi connectivity index (χ0n) is 8.39. The van der Waals surface area contributed by atoms with Crippen LogP contribution in [0.3, 0.4) is 0 Å². The van der Waals surface area contributed by atoms with E-state index < -0.39 is 0 Å². The molecule has 0 aliphatic carbocycles. The topological polar surface area (TPSA) is 46.0 Å². The number of aromatic nitrogens is 1. The molecular weight excluding hydrogens is 178 g/mol. The summed E-state index contributed by atoms with van der Waals surface area (Å²) in [7, 11) is 0. The zero-order valence-corrected chi connectivity index (χ0v) is 8.39. The average Bonchev–Trinajstić information content (AvgIpc) is 2.66. The third-order valence-electron chi connectivity index (χ3n) is 2.53. The van der Waals surface area contributed by atoms with E-state index in [-0.39, 0.29) is 5.56 Å². The molecule has 14 heavy (non-hydrogen) atoms. The van der Waals surface area contributed by atoms with Crippen molar-refractivity contribution >= 4 is 11.0 Å². The molecule has 0 fully saturated rings. The lowest BCUT2D eigenvalue weighted by Crippen LogP contribution is -2.11. The maximum absolute atomic E-state index is 11.5. The van der Waals surface area contributed by atoms with Crippen molar-refractivity contribution in [3.8, 4) is 0 Å². The predicted octanol–water partition coefficient (Wildman–Crippen LogP) is 2.25. The van der Waals surface area contributed by atoms with Crippen molar-refractivity contribution in [2.24, 2.45) is 0 Å². The van der Waals surface area contributed by atoms with Gasteiger partial charge in [-0.3, -0.25) is 4.79 Å². The number of rotatable bonds is 2. The minimum absolute atomic E-state index is 0.126. The van der Waals surface area contributed by atoms with Gasteiger partial charge in [0, 0.05) is 11.1 Å². The summed E-state index contributed by atoms with van der Waals surface area (Å²) >= 11 is 0. The van der Waals surface area contributed by atoms with Crippen LogP contribution in [0, 0.1) is 0 Å². The highest BCUT2D eigenvalue weighted by Crippen LogP contribution is 2.19. The minimum atomic E-state index is -0.126. The molecule has 0 aromatic carbocycles. The Morgan fingerprint density at radius 1 is 1.36 bits per heavy atom. The fourth-order valence-electron chi connectivity index (χ4n) is 1.86. The van der Waals surface area contributed by atoms with Gasteiger partial charge in [-0.2, -0.15) is 0 Å². The summed E-state index contributed by atoms with van der Waals surface area (Å²) in [6, 6.07) is 1.86. The first-order valence-electron chi connectivity index (χ1n) is 4.89. The SMILES string of the molecule is CCc1[nH]c(=O)c2occc2c1CC. The van der Waals surface area contributed by atoms with Gasteiger partial charge in [0.15, 0.2) is 5.58 Å². The number of aryl methyl sites for hydroxylation is 2. The Bertz CT molecular complexity index is 507. The number of hydrogen-bond donors (Lipinski definition) is 1. The van der Waals surface area contributed by atoms with Crippen molar-refractivity contribution < 1.29 is 4.42 Å². The van der Waals surface area contributed by atoms with Crippen LogP contribution in [0.15, 0.2) is 21.5 Å². The lowest BCUT2D eigenvalue weighted by atomic mass is 10.1. The molecule has 74 valence electrons. The van der Waals surface area contributed by atoms with Gasteiger partial charge in [-0.1, -0.05) is 13.8 Å². The highest BCUT2D eigenvalue weighted by atomic mass is 16.3. The molecule has 3 nitrogen and oxygen atoms in total. The quantitative estimate of drug-likeness (QED) is 0.791. The standard InChI is InChI=1S/C11H13NO2/c1-3-7-8-5-6-14-10(8)11(13)12-9(7)4-2/h5-6H,3-4H2,1-2H3,(H,12,13). The van der Waals surface area contributed by atoms with Gasteiger partial charge >= 0.3 is 0 Å². The van der Waals surface area contributed by atoms with Crippen molar-refractivity contribution in [3.05, 3.63) is 33.9 Å². The van der Waals surface area contributed by atoms with Gasteiger partial charge in [-0.05, 0) is 24.5 Å². The first-order valence-corrected chi connectivity index (χ1v) is 4.89. The molecule has 0 radical (unpaired) electrons. The summed E-state index contributed by atoms with van der Waals surface area (Å²) in [5.41, 5.74) is 2.53. The van der Waals surface area contributed by atoms with Crippen molar-refractivity contribution in [2.45, 2.75) is 26.7 Å². The van der Waals surface area contributed by atoms with Crippen LogP contribution < -0.4 is 5.56 Å². The van der Waals surface area contributed by atoms with Crippen molar-refractivity contribution in [2.75, 3.05) is 0 Å². The number of hydrogen-bond acceptors (Lipinski definition) is 2. The van der Waals surface area contributed by atoms with Crippen molar-refractivity contribution in [3.63, 3.8) is 0 Å². The normalized spacial score (nSPS) is 11.0. The van der Waals surface area contributed by atoms with E-state index in [1.165, 1.54) is 5.56 Å². The monoisotopic (exact) mass is 191 g/mol. The van der Waals surface area contributed by atoms with Gasteiger partial charge in [0.05, 0.1) is 6.26 Å². The highest BCUT2D eigenvalue weighted by Gasteiger charge is 2.10. The van der Waals surface area contributed by atoms with Crippen LogP contribution in [-0.4, -0.2) is 4.98 Å². The molecule has 2 aromatic rings. The third-order valence-corrected chi connectivity index (χ3v) is 2.53.